The standard InChI is InChI=1S/C14H26N2O3/c15-13(11-5-8-18-9-6-11)14(17)16-7-10-19-12-3-1-2-4-12/h11-13H,1-10,15H2,(H,16,17). The summed E-state index contributed by atoms with van der Waals surface area (Å²) in [6.45, 7) is 2.59. The maximum atomic E-state index is 11.9. The first-order valence-electron chi connectivity index (χ1n) is 7.50. The lowest BCUT2D eigenvalue weighted by atomic mass is 9.92. The highest BCUT2D eigenvalue weighted by Crippen LogP contribution is 2.20. The molecule has 0 radical (unpaired) electrons. The molecule has 1 saturated carbocycles. The molecule has 1 saturated heterocycles. The van der Waals surface area contributed by atoms with Gasteiger partial charge in [0.05, 0.1) is 18.8 Å². The summed E-state index contributed by atoms with van der Waals surface area (Å²) in [6, 6.07) is -0.407. The molecule has 0 spiro atoms. The largest absolute Gasteiger partial charge is 0.381 e. The highest BCUT2D eigenvalue weighted by atomic mass is 16.5. The van der Waals surface area contributed by atoms with E-state index < -0.39 is 6.04 Å². The van der Waals surface area contributed by atoms with Gasteiger partial charge in [0.25, 0.3) is 0 Å². The van der Waals surface area contributed by atoms with Crippen molar-refractivity contribution in [2.24, 2.45) is 11.7 Å². The second kappa shape index (κ2) is 7.82. The van der Waals surface area contributed by atoms with Gasteiger partial charge >= 0.3 is 0 Å². The molecule has 110 valence electrons. The molecule has 5 nitrogen and oxygen atoms in total. The van der Waals surface area contributed by atoms with Crippen molar-refractivity contribution in [3.63, 3.8) is 0 Å². The van der Waals surface area contributed by atoms with E-state index in [1.54, 1.807) is 0 Å². The number of rotatable bonds is 6. The monoisotopic (exact) mass is 270 g/mol. The summed E-state index contributed by atoms with van der Waals surface area (Å²) in [5.41, 5.74) is 5.99. The fraction of sp³-hybridized carbons (Fsp3) is 0.929. The maximum Gasteiger partial charge on any atom is 0.237 e. The normalized spacial score (nSPS) is 23.4. The van der Waals surface area contributed by atoms with Crippen molar-refractivity contribution in [1.82, 2.24) is 5.32 Å². The van der Waals surface area contributed by atoms with Crippen LogP contribution in [0.2, 0.25) is 0 Å². The molecule has 1 aliphatic heterocycles. The van der Waals surface area contributed by atoms with Gasteiger partial charge in [0, 0.05) is 19.8 Å². The van der Waals surface area contributed by atoms with Gasteiger partial charge in [-0.05, 0) is 31.6 Å². The molecule has 0 aromatic rings. The Morgan fingerprint density at radius 1 is 1.26 bits per heavy atom. The van der Waals surface area contributed by atoms with Crippen molar-refractivity contribution in [2.75, 3.05) is 26.4 Å². The van der Waals surface area contributed by atoms with Gasteiger partial charge < -0.3 is 20.5 Å². The van der Waals surface area contributed by atoms with E-state index in [4.69, 9.17) is 15.2 Å². The van der Waals surface area contributed by atoms with Gasteiger partial charge in [-0.3, -0.25) is 4.79 Å². The summed E-state index contributed by atoms with van der Waals surface area (Å²) in [7, 11) is 0. The Morgan fingerprint density at radius 3 is 2.63 bits per heavy atom. The van der Waals surface area contributed by atoms with Crippen LogP contribution in [-0.4, -0.2) is 44.4 Å². The zero-order valence-corrected chi connectivity index (χ0v) is 11.6. The predicted molar refractivity (Wildman–Crippen MR) is 72.7 cm³/mol. The van der Waals surface area contributed by atoms with Gasteiger partial charge in [-0.25, -0.2) is 0 Å². The molecule has 2 fully saturated rings. The number of carbonyl (C=O) groups is 1. The highest BCUT2D eigenvalue weighted by Gasteiger charge is 2.26. The Bertz CT molecular complexity index is 274. The van der Waals surface area contributed by atoms with Crippen LogP contribution in [0.4, 0.5) is 0 Å². The minimum absolute atomic E-state index is 0.0538. The molecule has 0 bridgehead atoms. The summed E-state index contributed by atoms with van der Waals surface area (Å²) in [5, 5.41) is 2.87. The lowest BCUT2D eigenvalue weighted by molar-refractivity contribution is -0.124. The number of amides is 1. The van der Waals surface area contributed by atoms with E-state index in [9.17, 15) is 4.79 Å². The third kappa shape index (κ3) is 4.75. The second-order valence-corrected chi connectivity index (χ2v) is 5.54. The second-order valence-electron chi connectivity index (χ2n) is 5.54. The number of ether oxygens (including phenoxy) is 2. The zero-order chi connectivity index (χ0) is 13.5. The smallest absolute Gasteiger partial charge is 0.237 e. The summed E-state index contributed by atoms with van der Waals surface area (Å²) >= 11 is 0. The Labute approximate surface area is 115 Å². The van der Waals surface area contributed by atoms with Gasteiger partial charge in [0.2, 0.25) is 5.91 Å². The van der Waals surface area contributed by atoms with E-state index >= 15 is 0 Å². The van der Waals surface area contributed by atoms with Crippen LogP contribution in [0.25, 0.3) is 0 Å². The number of nitrogens with one attached hydrogen (secondary N) is 1. The van der Waals surface area contributed by atoms with Crippen LogP contribution in [0.1, 0.15) is 38.5 Å². The minimum atomic E-state index is -0.407. The van der Waals surface area contributed by atoms with Crippen molar-refractivity contribution < 1.29 is 14.3 Å². The molecule has 2 aliphatic rings. The summed E-state index contributed by atoms with van der Waals surface area (Å²) in [4.78, 5) is 11.9. The average Bonchev–Trinajstić information content (AvgIpc) is 2.96. The van der Waals surface area contributed by atoms with Crippen molar-refractivity contribution in [2.45, 2.75) is 50.7 Å². The third-order valence-electron chi connectivity index (χ3n) is 4.13. The number of carbonyl (C=O) groups excluding carboxylic acids is 1. The molecule has 5 heteroatoms. The molecule has 0 aromatic carbocycles. The lowest BCUT2D eigenvalue weighted by Gasteiger charge is -2.26. The molecule has 0 aromatic heterocycles. The Morgan fingerprint density at radius 2 is 1.95 bits per heavy atom. The topological polar surface area (TPSA) is 73.6 Å². The fourth-order valence-corrected chi connectivity index (χ4v) is 2.86. The Kier molecular flexibility index (Phi) is 6.07. The molecule has 2 rings (SSSR count). The first-order chi connectivity index (χ1) is 9.27. The number of hydrogen-bond donors (Lipinski definition) is 2. The van der Waals surface area contributed by atoms with Crippen LogP contribution in [0.3, 0.4) is 0 Å². The average molecular weight is 270 g/mol. The van der Waals surface area contributed by atoms with Crippen molar-refractivity contribution in [3.05, 3.63) is 0 Å². The quantitative estimate of drug-likeness (QED) is 0.701. The molecule has 1 heterocycles. The van der Waals surface area contributed by atoms with E-state index in [-0.39, 0.29) is 11.8 Å². The predicted octanol–water partition coefficient (Wildman–Crippen LogP) is 0.816. The molecule has 19 heavy (non-hydrogen) atoms. The van der Waals surface area contributed by atoms with E-state index in [1.165, 1.54) is 12.8 Å². The van der Waals surface area contributed by atoms with Crippen molar-refractivity contribution in [1.29, 1.82) is 0 Å². The lowest BCUT2D eigenvalue weighted by Crippen LogP contribution is -2.47. The highest BCUT2D eigenvalue weighted by molar-refractivity contribution is 5.81. The fourth-order valence-electron chi connectivity index (χ4n) is 2.86. The molecular formula is C14H26N2O3. The molecule has 1 amide bonds. The maximum absolute atomic E-state index is 11.9. The first-order valence-corrected chi connectivity index (χ1v) is 7.50. The van der Waals surface area contributed by atoms with Crippen LogP contribution < -0.4 is 11.1 Å². The van der Waals surface area contributed by atoms with Crippen LogP contribution in [0.5, 0.6) is 0 Å². The van der Waals surface area contributed by atoms with E-state index in [0.29, 0.717) is 19.3 Å². The van der Waals surface area contributed by atoms with Gasteiger partial charge in [0.1, 0.15) is 0 Å². The first kappa shape index (κ1) is 14.8. The van der Waals surface area contributed by atoms with E-state index in [1.807, 2.05) is 0 Å². The molecule has 1 aliphatic carbocycles. The molecule has 3 N–H and O–H groups in total. The van der Waals surface area contributed by atoms with Crippen molar-refractivity contribution in [3.8, 4) is 0 Å². The van der Waals surface area contributed by atoms with Crippen molar-refractivity contribution >= 4 is 5.91 Å². The van der Waals surface area contributed by atoms with E-state index in [2.05, 4.69) is 5.32 Å². The number of nitrogens with two attached hydrogens (primary N) is 1. The third-order valence-corrected chi connectivity index (χ3v) is 4.13. The van der Waals surface area contributed by atoms with Crippen LogP contribution in [-0.2, 0) is 14.3 Å². The SMILES string of the molecule is NC(C(=O)NCCOC1CCCC1)C1CCOCC1. The van der Waals surface area contributed by atoms with Gasteiger partial charge in [0.15, 0.2) is 0 Å². The van der Waals surface area contributed by atoms with E-state index in [0.717, 1.165) is 38.9 Å². The van der Waals surface area contributed by atoms with Gasteiger partial charge in [-0.15, -0.1) is 0 Å². The Balaban J connectivity index is 1.57. The minimum Gasteiger partial charge on any atom is -0.381 e. The molecular weight excluding hydrogens is 244 g/mol. The molecule has 1 atom stereocenters. The summed E-state index contributed by atoms with van der Waals surface area (Å²) < 4.78 is 11.0. The van der Waals surface area contributed by atoms with Crippen LogP contribution in [0, 0.1) is 5.92 Å². The van der Waals surface area contributed by atoms with Gasteiger partial charge in [-0.1, -0.05) is 12.8 Å². The number of hydrogen-bond acceptors (Lipinski definition) is 4. The van der Waals surface area contributed by atoms with Gasteiger partial charge in [-0.2, -0.15) is 0 Å². The summed E-state index contributed by atoms with van der Waals surface area (Å²) in [5.74, 6) is 0.200. The molecule has 1 unspecified atom stereocenters. The summed E-state index contributed by atoms with van der Waals surface area (Å²) in [6.07, 6.45) is 7.03. The van der Waals surface area contributed by atoms with Crippen LogP contribution in [0.15, 0.2) is 0 Å². The zero-order valence-electron chi connectivity index (χ0n) is 11.6. The van der Waals surface area contributed by atoms with Crippen LogP contribution >= 0.6 is 0 Å². The Hall–Kier alpha value is -0.650.